The lowest BCUT2D eigenvalue weighted by molar-refractivity contribution is 0.102. The number of nitrogens with zero attached hydrogens (tertiary/aromatic N) is 2. The molecule has 0 fully saturated rings. The first-order valence-electron chi connectivity index (χ1n) is 6.28. The lowest BCUT2D eigenvalue weighted by Crippen LogP contribution is -2.12. The standard InChI is InChI=1S/C15H9F2N3O2/c16-11-6-4-9(5-7-11)13(21)18-15-20-19-14(22-15)10-2-1-3-12(17)8-10/h1-8H,(H,18,20,21). The number of hydrogen-bond acceptors (Lipinski definition) is 4. The number of benzene rings is 2. The molecule has 1 aromatic heterocycles. The maximum atomic E-state index is 13.1. The van der Waals surface area contributed by atoms with Crippen molar-refractivity contribution in [1.29, 1.82) is 0 Å². The summed E-state index contributed by atoms with van der Waals surface area (Å²) in [6.07, 6.45) is 0. The third kappa shape index (κ3) is 2.98. The molecule has 7 heteroatoms. The van der Waals surface area contributed by atoms with Crippen LogP contribution in [0.5, 0.6) is 0 Å². The molecule has 0 spiro atoms. The molecular weight excluding hydrogens is 292 g/mol. The highest BCUT2D eigenvalue weighted by molar-refractivity contribution is 6.03. The quantitative estimate of drug-likeness (QED) is 0.806. The maximum Gasteiger partial charge on any atom is 0.322 e. The Morgan fingerprint density at radius 1 is 1.00 bits per heavy atom. The van der Waals surface area contributed by atoms with Gasteiger partial charge in [0.05, 0.1) is 0 Å². The molecule has 0 aliphatic heterocycles. The molecule has 3 aromatic rings. The summed E-state index contributed by atoms with van der Waals surface area (Å²) in [7, 11) is 0. The normalized spacial score (nSPS) is 10.5. The molecule has 2 aromatic carbocycles. The minimum atomic E-state index is -0.519. The van der Waals surface area contributed by atoms with Crippen LogP contribution in [0.3, 0.4) is 0 Å². The molecule has 0 atom stereocenters. The smallest absolute Gasteiger partial charge is 0.322 e. The third-order valence-corrected chi connectivity index (χ3v) is 2.82. The van der Waals surface area contributed by atoms with E-state index in [2.05, 4.69) is 15.5 Å². The molecule has 0 aliphatic rings. The largest absolute Gasteiger partial charge is 0.403 e. The zero-order chi connectivity index (χ0) is 15.5. The number of rotatable bonds is 3. The van der Waals surface area contributed by atoms with Gasteiger partial charge in [0, 0.05) is 11.1 Å². The number of amides is 1. The molecule has 1 N–H and O–H groups in total. The molecule has 5 nitrogen and oxygen atoms in total. The van der Waals surface area contributed by atoms with Crippen LogP contribution in [0.1, 0.15) is 10.4 Å². The first-order chi connectivity index (χ1) is 10.6. The summed E-state index contributed by atoms with van der Waals surface area (Å²) in [5.41, 5.74) is 0.640. The van der Waals surface area contributed by atoms with E-state index in [1.807, 2.05) is 0 Å². The van der Waals surface area contributed by atoms with Crippen LogP contribution in [0.15, 0.2) is 52.9 Å². The third-order valence-electron chi connectivity index (χ3n) is 2.82. The van der Waals surface area contributed by atoms with E-state index < -0.39 is 17.5 Å². The van der Waals surface area contributed by atoms with Crippen molar-refractivity contribution in [3.05, 3.63) is 65.7 Å². The van der Waals surface area contributed by atoms with E-state index in [9.17, 15) is 13.6 Å². The molecule has 0 unspecified atom stereocenters. The van der Waals surface area contributed by atoms with Gasteiger partial charge in [-0.05, 0) is 42.5 Å². The van der Waals surface area contributed by atoms with Gasteiger partial charge in [-0.15, -0.1) is 5.10 Å². The zero-order valence-corrected chi connectivity index (χ0v) is 11.1. The second-order valence-electron chi connectivity index (χ2n) is 4.38. The Kier molecular flexibility index (Phi) is 3.61. The SMILES string of the molecule is O=C(Nc1nnc(-c2cccc(F)c2)o1)c1ccc(F)cc1. The Morgan fingerprint density at radius 3 is 2.50 bits per heavy atom. The summed E-state index contributed by atoms with van der Waals surface area (Å²) in [5.74, 6) is -1.32. The van der Waals surface area contributed by atoms with Crippen LogP contribution in [-0.4, -0.2) is 16.1 Å². The van der Waals surface area contributed by atoms with Crippen molar-refractivity contribution in [2.24, 2.45) is 0 Å². The van der Waals surface area contributed by atoms with Gasteiger partial charge in [0.15, 0.2) is 0 Å². The number of aromatic nitrogens is 2. The lowest BCUT2D eigenvalue weighted by atomic mass is 10.2. The van der Waals surface area contributed by atoms with Crippen molar-refractivity contribution >= 4 is 11.9 Å². The Morgan fingerprint density at radius 2 is 1.77 bits per heavy atom. The van der Waals surface area contributed by atoms with Gasteiger partial charge in [0.1, 0.15) is 11.6 Å². The molecule has 110 valence electrons. The van der Waals surface area contributed by atoms with Crippen LogP contribution in [-0.2, 0) is 0 Å². The number of carbonyl (C=O) groups is 1. The van der Waals surface area contributed by atoms with Crippen LogP contribution < -0.4 is 5.32 Å². The van der Waals surface area contributed by atoms with Crippen LogP contribution >= 0.6 is 0 Å². The second kappa shape index (κ2) is 5.72. The van der Waals surface area contributed by atoms with Gasteiger partial charge < -0.3 is 4.42 Å². The van der Waals surface area contributed by atoms with E-state index in [1.165, 1.54) is 42.5 Å². The molecule has 3 rings (SSSR count). The first-order valence-corrected chi connectivity index (χ1v) is 6.28. The summed E-state index contributed by atoms with van der Waals surface area (Å²) in [4.78, 5) is 11.9. The number of hydrogen-bond donors (Lipinski definition) is 1. The Labute approximate surface area is 123 Å². The monoisotopic (exact) mass is 301 g/mol. The molecule has 0 aliphatic carbocycles. The molecule has 1 amide bonds. The van der Waals surface area contributed by atoms with Crippen LogP contribution in [0.4, 0.5) is 14.8 Å². The number of carbonyl (C=O) groups excluding carboxylic acids is 1. The average molecular weight is 301 g/mol. The summed E-state index contributed by atoms with van der Waals surface area (Å²) >= 11 is 0. The van der Waals surface area contributed by atoms with E-state index in [4.69, 9.17) is 4.42 Å². The summed E-state index contributed by atoms with van der Waals surface area (Å²) in [5, 5.41) is 9.78. The highest BCUT2D eigenvalue weighted by Crippen LogP contribution is 2.20. The molecule has 0 bridgehead atoms. The van der Waals surface area contributed by atoms with Gasteiger partial charge in [-0.1, -0.05) is 11.2 Å². The molecule has 0 radical (unpaired) electrons. The van der Waals surface area contributed by atoms with Gasteiger partial charge in [-0.3, -0.25) is 10.1 Å². The number of anilines is 1. The van der Waals surface area contributed by atoms with Gasteiger partial charge in [0.2, 0.25) is 5.89 Å². The number of nitrogens with one attached hydrogen (secondary N) is 1. The average Bonchev–Trinajstić information content (AvgIpc) is 2.96. The van der Waals surface area contributed by atoms with E-state index in [1.54, 1.807) is 6.07 Å². The summed E-state index contributed by atoms with van der Waals surface area (Å²) in [6, 6.07) is 10.5. The zero-order valence-electron chi connectivity index (χ0n) is 11.1. The molecule has 0 saturated carbocycles. The van der Waals surface area contributed by atoms with Crippen molar-refractivity contribution in [2.75, 3.05) is 5.32 Å². The van der Waals surface area contributed by atoms with E-state index in [-0.39, 0.29) is 17.5 Å². The van der Waals surface area contributed by atoms with Crippen molar-refractivity contribution < 1.29 is 18.0 Å². The summed E-state index contributed by atoms with van der Waals surface area (Å²) < 4.78 is 31.2. The Hall–Kier alpha value is -3.09. The van der Waals surface area contributed by atoms with Gasteiger partial charge in [-0.2, -0.15) is 0 Å². The van der Waals surface area contributed by atoms with E-state index in [0.29, 0.717) is 5.56 Å². The molecule has 0 saturated heterocycles. The number of halogens is 2. The van der Waals surface area contributed by atoms with Crippen LogP contribution in [0, 0.1) is 11.6 Å². The minimum Gasteiger partial charge on any atom is -0.403 e. The van der Waals surface area contributed by atoms with Gasteiger partial charge in [-0.25, -0.2) is 8.78 Å². The summed E-state index contributed by atoms with van der Waals surface area (Å²) in [6.45, 7) is 0. The molecular formula is C15H9F2N3O2. The van der Waals surface area contributed by atoms with Crippen molar-refractivity contribution in [3.63, 3.8) is 0 Å². The predicted octanol–water partition coefficient (Wildman–Crippen LogP) is 3.27. The Balaban J connectivity index is 1.77. The second-order valence-corrected chi connectivity index (χ2v) is 4.38. The fraction of sp³-hybridized carbons (Fsp3) is 0. The van der Waals surface area contributed by atoms with Crippen molar-refractivity contribution in [3.8, 4) is 11.5 Å². The Bertz CT molecular complexity index is 816. The first kappa shape index (κ1) is 13.9. The van der Waals surface area contributed by atoms with Gasteiger partial charge in [0.25, 0.3) is 5.91 Å². The maximum absolute atomic E-state index is 13.1. The van der Waals surface area contributed by atoms with Crippen LogP contribution in [0.25, 0.3) is 11.5 Å². The highest BCUT2D eigenvalue weighted by atomic mass is 19.1. The van der Waals surface area contributed by atoms with Crippen molar-refractivity contribution in [2.45, 2.75) is 0 Å². The van der Waals surface area contributed by atoms with Crippen LogP contribution in [0.2, 0.25) is 0 Å². The lowest BCUT2D eigenvalue weighted by Gasteiger charge is -2.00. The topological polar surface area (TPSA) is 68.0 Å². The molecule has 1 heterocycles. The molecule has 22 heavy (non-hydrogen) atoms. The minimum absolute atomic E-state index is 0.0777. The fourth-order valence-electron chi connectivity index (χ4n) is 1.78. The fourth-order valence-corrected chi connectivity index (χ4v) is 1.78. The predicted molar refractivity (Wildman–Crippen MR) is 74.0 cm³/mol. The van der Waals surface area contributed by atoms with Gasteiger partial charge >= 0.3 is 6.01 Å². The van der Waals surface area contributed by atoms with E-state index >= 15 is 0 Å². The highest BCUT2D eigenvalue weighted by Gasteiger charge is 2.13. The van der Waals surface area contributed by atoms with Crippen molar-refractivity contribution in [1.82, 2.24) is 10.2 Å². The van der Waals surface area contributed by atoms with E-state index in [0.717, 1.165) is 0 Å².